The minimum absolute atomic E-state index is 0.211. The molecule has 0 aromatic heterocycles. The molecule has 0 unspecified atom stereocenters. The Morgan fingerprint density at radius 3 is 2.39 bits per heavy atom. The van der Waals surface area contributed by atoms with Crippen LogP contribution in [0.15, 0.2) is 12.2 Å². The van der Waals surface area contributed by atoms with Crippen molar-refractivity contribution < 1.29 is 14.0 Å². The van der Waals surface area contributed by atoms with E-state index in [1.807, 2.05) is 6.08 Å². The Hall–Kier alpha value is -0.830. The molecule has 0 heterocycles. The zero-order valence-electron chi connectivity index (χ0n) is 12.6. The molecule has 3 heteroatoms. The Labute approximate surface area is 112 Å². The van der Waals surface area contributed by atoms with E-state index in [9.17, 15) is 4.79 Å². The van der Waals surface area contributed by atoms with Gasteiger partial charge in [0, 0.05) is 6.08 Å². The van der Waals surface area contributed by atoms with Gasteiger partial charge in [-0.25, -0.2) is 4.79 Å². The summed E-state index contributed by atoms with van der Waals surface area (Å²) in [6.07, 6.45) is 10.8. The van der Waals surface area contributed by atoms with Gasteiger partial charge in [-0.1, -0.05) is 38.7 Å². The molecule has 0 saturated heterocycles. The summed E-state index contributed by atoms with van der Waals surface area (Å²) in [5.41, 5.74) is 0. The van der Waals surface area contributed by atoms with Gasteiger partial charge in [0.25, 0.3) is 0 Å². The lowest BCUT2D eigenvalue weighted by Crippen LogP contribution is -2.37. The van der Waals surface area contributed by atoms with Crippen LogP contribution in [-0.4, -0.2) is 44.7 Å². The van der Waals surface area contributed by atoms with Crippen molar-refractivity contribution in [3.8, 4) is 0 Å². The molecule has 0 aliphatic heterocycles. The highest BCUT2D eigenvalue weighted by molar-refractivity contribution is 5.81. The third kappa shape index (κ3) is 13.2. The number of likely N-dealkylation sites (N-methyl/N-ethyl adjacent to an activating group) is 1. The summed E-state index contributed by atoms with van der Waals surface area (Å²) in [5.74, 6) is -0.211. The smallest absolute Gasteiger partial charge is 0.330 e. The van der Waals surface area contributed by atoms with Crippen LogP contribution in [0, 0.1) is 0 Å². The van der Waals surface area contributed by atoms with Gasteiger partial charge in [-0.05, 0) is 12.8 Å². The second kappa shape index (κ2) is 10.1. The molecule has 0 aliphatic rings. The lowest BCUT2D eigenvalue weighted by atomic mass is 10.1. The topological polar surface area (TPSA) is 26.3 Å². The maximum Gasteiger partial charge on any atom is 0.330 e. The van der Waals surface area contributed by atoms with Gasteiger partial charge in [-0.2, -0.15) is 0 Å². The average Bonchev–Trinajstić information content (AvgIpc) is 2.26. The summed E-state index contributed by atoms with van der Waals surface area (Å²) >= 11 is 0. The van der Waals surface area contributed by atoms with Gasteiger partial charge in [-0.15, -0.1) is 0 Å². The van der Waals surface area contributed by atoms with E-state index in [0.29, 0.717) is 6.61 Å². The predicted octanol–water partition coefficient (Wildman–Crippen LogP) is 3.15. The number of allylic oxidation sites excluding steroid dienone is 1. The van der Waals surface area contributed by atoms with Gasteiger partial charge in [0.05, 0.1) is 21.1 Å². The molecule has 3 nitrogen and oxygen atoms in total. The first-order chi connectivity index (χ1) is 8.45. The molecular weight excluding hydrogens is 226 g/mol. The number of esters is 1. The van der Waals surface area contributed by atoms with Gasteiger partial charge in [0.15, 0.2) is 0 Å². The Kier molecular flexibility index (Phi) is 9.66. The first-order valence-electron chi connectivity index (χ1n) is 7.09. The summed E-state index contributed by atoms with van der Waals surface area (Å²) in [6.45, 7) is 3.55. The van der Waals surface area contributed by atoms with Crippen LogP contribution in [0.2, 0.25) is 0 Å². The van der Waals surface area contributed by atoms with Crippen molar-refractivity contribution in [3.63, 3.8) is 0 Å². The second-order valence-corrected chi connectivity index (χ2v) is 5.79. The molecule has 0 N–H and O–H groups in total. The van der Waals surface area contributed by atoms with Crippen molar-refractivity contribution in [2.45, 2.75) is 45.4 Å². The van der Waals surface area contributed by atoms with Crippen molar-refractivity contribution in [2.24, 2.45) is 0 Å². The Morgan fingerprint density at radius 1 is 1.11 bits per heavy atom. The van der Waals surface area contributed by atoms with E-state index >= 15 is 0 Å². The number of rotatable bonds is 10. The maximum absolute atomic E-state index is 11.3. The minimum Gasteiger partial charge on any atom is -0.457 e. The van der Waals surface area contributed by atoms with Gasteiger partial charge in [0.1, 0.15) is 13.2 Å². The number of nitrogens with zero attached hydrogens (tertiary/aromatic N) is 1. The fourth-order valence-electron chi connectivity index (χ4n) is 1.51. The standard InChI is InChI=1S/C15H30NO2/c1-5-6-7-8-9-10-11-12-15(17)18-14-13-16(2,3)4/h11-12H,5-10,13-14H2,1-4H3/q+1. The average molecular weight is 256 g/mol. The van der Waals surface area contributed by atoms with Crippen LogP contribution in [0.25, 0.3) is 0 Å². The Balaban J connectivity index is 3.45. The number of unbranched alkanes of at least 4 members (excludes halogenated alkanes) is 5. The quantitative estimate of drug-likeness (QED) is 0.260. The highest BCUT2D eigenvalue weighted by Crippen LogP contribution is 2.05. The zero-order chi connectivity index (χ0) is 13.9. The highest BCUT2D eigenvalue weighted by atomic mass is 16.5. The summed E-state index contributed by atoms with van der Waals surface area (Å²) in [6, 6.07) is 0. The Bertz CT molecular complexity index is 241. The number of quaternary nitrogens is 1. The molecule has 0 bridgehead atoms. The molecule has 106 valence electrons. The van der Waals surface area contributed by atoms with E-state index in [1.54, 1.807) is 6.08 Å². The zero-order valence-corrected chi connectivity index (χ0v) is 12.6. The van der Waals surface area contributed by atoms with Crippen molar-refractivity contribution in [1.82, 2.24) is 0 Å². The number of hydrogen-bond acceptors (Lipinski definition) is 2. The summed E-state index contributed by atoms with van der Waals surface area (Å²) in [7, 11) is 6.25. The third-order valence-electron chi connectivity index (χ3n) is 2.73. The summed E-state index contributed by atoms with van der Waals surface area (Å²) in [4.78, 5) is 11.3. The van der Waals surface area contributed by atoms with E-state index in [-0.39, 0.29) is 5.97 Å². The molecule has 0 aromatic carbocycles. The predicted molar refractivity (Wildman–Crippen MR) is 76.4 cm³/mol. The number of hydrogen-bond donors (Lipinski definition) is 0. The van der Waals surface area contributed by atoms with Gasteiger partial charge >= 0.3 is 5.97 Å². The lowest BCUT2D eigenvalue weighted by molar-refractivity contribution is -0.870. The van der Waals surface area contributed by atoms with E-state index in [2.05, 4.69) is 28.1 Å². The second-order valence-electron chi connectivity index (χ2n) is 5.79. The van der Waals surface area contributed by atoms with E-state index in [4.69, 9.17) is 4.74 Å². The molecule has 18 heavy (non-hydrogen) atoms. The molecule has 0 aromatic rings. The Morgan fingerprint density at radius 2 is 1.78 bits per heavy atom. The van der Waals surface area contributed by atoms with Crippen LogP contribution in [0.3, 0.4) is 0 Å². The van der Waals surface area contributed by atoms with Crippen molar-refractivity contribution in [2.75, 3.05) is 34.3 Å². The molecule has 0 radical (unpaired) electrons. The highest BCUT2D eigenvalue weighted by Gasteiger charge is 2.07. The molecule has 0 saturated carbocycles. The molecule has 0 atom stereocenters. The van der Waals surface area contributed by atoms with Crippen molar-refractivity contribution in [3.05, 3.63) is 12.2 Å². The van der Waals surface area contributed by atoms with Crippen LogP contribution >= 0.6 is 0 Å². The fourth-order valence-corrected chi connectivity index (χ4v) is 1.51. The lowest BCUT2D eigenvalue weighted by Gasteiger charge is -2.23. The van der Waals surface area contributed by atoms with Crippen LogP contribution in [0.5, 0.6) is 0 Å². The number of carbonyl (C=O) groups is 1. The first kappa shape index (κ1) is 17.2. The third-order valence-corrected chi connectivity index (χ3v) is 2.73. The molecule has 0 spiro atoms. The molecular formula is C15H30NO2+. The van der Waals surface area contributed by atoms with Gasteiger partial charge in [-0.3, -0.25) is 0 Å². The van der Waals surface area contributed by atoms with Crippen LogP contribution in [-0.2, 0) is 9.53 Å². The van der Waals surface area contributed by atoms with Crippen LogP contribution in [0.4, 0.5) is 0 Å². The molecule has 0 aliphatic carbocycles. The maximum atomic E-state index is 11.3. The van der Waals surface area contributed by atoms with Gasteiger partial charge < -0.3 is 9.22 Å². The van der Waals surface area contributed by atoms with Crippen LogP contribution < -0.4 is 0 Å². The summed E-state index contributed by atoms with van der Waals surface area (Å²) in [5, 5.41) is 0. The number of ether oxygens (including phenoxy) is 1. The van der Waals surface area contributed by atoms with Crippen molar-refractivity contribution in [1.29, 1.82) is 0 Å². The normalized spacial score (nSPS) is 12.0. The fraction of sp³-hybridized carbons (Fsp3) is 0.800. The van der Waals surface area contributed by atoms with Crippen LogP contribution in [0.1, 0.15) is 45.4 Å². The first-order valence-corrected chi connectivity index (χ1v) is 7.09. The number of carbonyl (C=O) groups excluding carboxylic acids is 1. The molecule has 0 fully saturated rings. The van der Waals surface area contributed by atoms with E-state index in [0.717, 1.165) is 17.4 Å². The van der Waals surface area contributed by atoms with Gasteiger partial charge in [0.2, 0.25) is 0 Å². The SMILES string of the molecule is CCCCCCCC=CC(=O)OCC[N+](C)(C)C. The monoisotopic (exact) mass is 256 g/mol. The largest absolute Gasteiger partial charge is 0.457 e. The summed E-state index contributed by atoms with van der Waals surface area (Å²) < 4.78 is 5.94. The molecule has 0 rings (SSSR count). The van der Waals surface area contributed by atoms with E-state index < -0.39 is 0 Å². The minimum atomic E-state index is -0.211. The van der Waals surface area contributed by atoms with E-state index in [1.165, 1.54) is 32.1 Å². The van der Waals surface area contributed by atoms with Crippen molar-refractivity contribution >= 4 is 5.97 Å². The molecule has 0 amide bonds.